The molecule has 0 aromatic carbocycles. The maximum atomic E-state index is 11.4. The highest BCUT2D eigenvalue weighted by molar-refractivity contribution is 6.53. The second-order valence-electron chi connectivity index (χ2n) is 3.18. The molecule has 1 aromatic rings. The molecule has 2 N–H and O–H groups in total. The Balaban J connectivity index is 2.52. The van der Waals surface area contributed by atoms with Crippen LogP contribution in [0.1, 0.15) is 11.4 Å². The molecular formula is C8H8N4O3. The fourth-order valence-corrected chi connectivity index (χ4v) is 1.48. The van der Waals surface area contributed by atoms with Crippen molar-refractivity contribution in [3.05, 3.63) is 11.4 Å². The van der Waals surface area contributed by atoms with Gasteiger partial charge in [0.15, 0.2) is 0 Å². The van der Waals surface area contributed by atoms with Crippen molar-refractivity contribution in [2.24, 2.45) is 0 Å². The van der Waals surface area contributed by atoms with E-state index in [4.69, 9.17) is 0 Å². The second-order valence-corrected chi connectivity index (χ2v) is 3.18. The second kappa shape index (κ2) is 2.91. The van der Waals surface area contributed by atoms with Gasteiger partial charge in [-0.25, -0.2) is 9.69 Å². The van der Waals surface area contributed by atoms with E-state index in [1.807, 2.05) is 5.32 Å². The normalized spacial score (nSPS) is 16.1. The van der Waals surface area contributed by atoms with Crippen molar-refractivity contribution in [3.8, 4) is 0 Å². The summed E-state index contributed by atoms with van der Waals surface area (Å²) in [6.45, 7) is 3.31. The Morgan fingerprint density at radius 1 is 1.20 bits per heavy atom. The van der Waals surface area contributed by atoms with Gasteiger partial charge in [-0.15, -0.1) is 0 Å². The minimum absolute atomic E-state index is 0.336. The first-order chi connectivity index (χ1) is 7.02. The predicted octanol–water partition coefficient (Wildman–Crippen LogP) is -0.391. The molecule has 1 saturated heterocycles. The monoisotopic (exact) mass is 208 g/mol. The van der Waals surface area contributed by atoms with Crippen molar-refractivity contribution in [1.29, 1.82) is 0 Å². The molecule has 1 fully saturated rings. The highest BCUT2D eigenvalue weighted by Gasteiger charge is 2.40. The Kier molecular flexibility index (Phi) is 1.82. The average Bonchev–Trinajstić information content (AvgIpc) is 2.59. The van der Waals surface area contributed by atoms with Gasteiger partial charge in [-0.1, -0.05) is 0 Å². The van der Waals surface area contributed by atoms with E-state index >= 15 is 0 Å². The minimum atomic E-state index is -0.917. The lowest BCUT2D eigenvalue weighted by Gasteiger charge is -2.10. The Morgan fingerprint density at radius 3 is 2.27 bits per heavy atom. The van der Waals surface area contributed by atoms with Crippen molar-refractivity contribution in [3.63, 3.8) is 0 Å². The molecule has 7 heteroatoms. The Morgan fingerprint density at radius 2 is 1.87 bits per heavy atom. The zero-order valence-corrected chi connectivity index (χ0v) is 8.12. The van der Waals surface area contributed by atoms with Gasteiger partial charge in [-0.05, 0) is 13.8 Å². The minimum Gasteiger partial charge on any atom is -0.280 e. The fourth-order valence-electron chi connectivity index (χ4n) is 1.48. The summed E-state index contributed by atoms with van der Waals surface area (Å²) in [5.41, 5.74) is 1.39. The Bertz CT molecular complexity index is 457. The van der Waals surface area contributed by atoms with Crippen LogP contribution in [0.15, 0.2) is 0 Å². The van der Waals surface area contributed by atoms with Crippen molar-refractivity contribution in [2.75, 3.05) is 4.90 Å². The van der Waals surface area contributed by atoms with E-state index in [2.05, 4.69) is 10.2 Å². The van der Waals surface area contributed by atoms with Gasteiger partial charge in [0.2, 0.25) is 0 Å². The van der Waals surface area contributed by atoms with Crippen LogP contribution in [-0.2, 0) is 9.59 Å². The number of carbonyl (C=O) groups excluding carboxylic acids is 3. The number of rotatable bonds is 1. The number of nitrogens with one attached hydrogen (secondary N) is 2. The molecule has 1 aliphatic heterocycles. The van der Waals surface area contributed by atoms with Crippen LogP contribution in [0.5, 0.6) is 0 Å². The van der Waals surface area contributed by atoms with E-state index in [0.717, 1.165) is 4.90 Å². The summed E-state index contributed by atoms with van der Waals surface area (Å²) in [5.74, 6) is -1.80. The highest BCUT2D eigenvalue weighted by Crippen LogP contribution is 2.24. The van der Waals surface area contributed by atoms with Crippen LogP contribution in [0.25, 0.3) is 0 Å². The number of carbonyl (C=O) groups is 3. The number of imide groups is 2. The first kappa shape index (κ1) is 9.38. The number of H-pyrrole nitrogens is 1. The lowest BCUT2D eigenvalue weighted by atomic mass is 10.3. The van der Waals surface area contributed by atoms with Crippen LogP contribution in [0.3, 0.4) is 0 Å². The number of nitrogens with zero attached hydrogens (tertiary/aromatic N) is 2. The molecule has 2 rings (SSSR count). The lowest BCUT2D eigenvalue weighted by Crippen LogP contribution is -2.31. The first-order valence-electron chi connectivity index (χ1n) is 4.23. The standard InChI is InChI=1S/C8H8N4O3/c1-3-5(4(2)11-10-3)12-7(14)6(13)9-8(12)15/h1-2H3,(H,10,11)(H,9,13,15). The topological polar surface area (TPSA) is 95.2 Å². The van der Waals surface area contributed by atoms with Crippen LogP contribution in [0, 0.1) is 13.8 Å². The Labute approximate surface area is 84.4 Å². The number of aryl methyl sites for hydroxylation is 2. The lowest BCUT2D eigenvalue weighted by molar-refractivity contribution is -0.134. The zero-order valence-electron chi connectivity index (χ0n) is 8.12. The molecule has 15 heavy (non-hydrogen) atoms. The molecule has 78 valence electrons. The number of aromatic amines is 1. The van der Waals surface area contributed by atoms with Crippen LogP contribution < -0.4 is 10.2 Å². The molecule has 1 aromatic heterocycles. The van der Waals surface area contributed by atoms with E-state index in [9.17, 15) is 14.4 Å². The largest absolute Gasteiger partial charge is 0.336 e. The van der Waals surface area contributed by atoms with Gasteiger partial charge >= 0.3 is 17.8 Å². The molecule has 2 heterocycles. The van der Waals surface area contributed by atoms with E-state index in [0.29, 0.717) is 17.1 Å². The van der Waals surface area contributed by atoms with E-state index < -0.39 is 17.8 Å². The predicted molar refractivity (Wildman–Crippen MR) is 49.1 cm³/mol. The van der Waals surface area contributed by atoms with Crippen molar-refractivity contribution < 1.29 is 14.4 Å². The maximum absolute atomic E-state index is 11.4. The summed E-state index contributed by atoms with van der Waals surface area (Å²) in [7, 11) is 0. The highest BCUT2D eigenvalue weighted by atomic mass is 16.2. The van der Waals surface area contributed by atoms with Crippen molar-refractivity contribution >= 4 is 23.5 Å². The summed E-state index contributed by atoms with van der Waals surface area (Å²) >= 11 is 0. The molecule has 7 nitrogen and oxygen atoms in total. The molecule has 0 spiro atoms. The quantitative estimate of drug-likeness (QED) is 0.485. The third kappa shape index (κ3) is 1.20. The van der Waals surface area contributed by atoms with Gasteiger partial charge in [0.25, 0.3) is 0 Å². The van der Waals surface area contributed by atoms with Gasteiger partial charge in [-0.2, -0.15) is 5.10 Å². The van der Waals surface area contributed by atoms with Gasteiger partial charge < -0.3 is 0 Å². The molecule has 1 aliphatic rings. The molecule has 0 atom stereocenters. The average molecular weight is 208 g/mol. The van der Waals surface area contributed by atoms with Crippen LogP contribution >= 0.6 is 0 Å². The molecule has 0 aliphatic carbocycles. The summed E-state index contributed by atoms with van der Waals surface area (Å²) in [4.78, 5) is 34.4. The number of hydrogen-bond donors (Lipinski definition) is 2. The summed E-state index contributed by atoms with van der Waals surface area (Å²) in [6, 6.07) is -0.738. The van der Waals surface area contributed by atoms with E-state index in [1.54, 1.807) is 13.8 Å². The van der Waals surface area contributed by atoms with Gasteiger partial charge in [0, 0.05) is 0 Å². The van der Waals surface area contributed by atoms with Crippen LogP contribution in [0.2, 0.25) is 0 Å². The van der Waals surface area contributed by atoms with Crippen molar-refractivity contribution in [2.45, 2.75) is 13.8 Å². The number of anilines is 1. The number of urea groups is 1. The first-order valence-corrected chi connectivity index (χ1v) is 4.23. The molecule has 0 unspecified atom stereocenters. The fraction of sp³-hybridized carbons (Fsp3) is 0.250. The van der Waals surface area contributed by atoms with Gasteiger partial charge in [-0.3, -0.25) is 20.0 Å². The number of amides is 4. The SMILES string of the molecule is Cc1n[nH]c(C)c1N1C(=O)NC(=O)C1=O. The summed E-state index contributed by atoms with van der Waals surface area (Å²) < 4.78 is 0. The molecule has 0 bridgehead atoms. The smallest absolute Gasteiger partial charge is 0.280 e. The molecular weight excluding hydrogens is 200 g/mol. The summed E-state index contributed by atoms with van der Waals surface area (Å²) in [5, 5.41) is 8.40. The third-order valence-corrected chi connectivity index (χ3v) is 2.13. The Hall–Kier alpha value is -2.18. The van der Waals surface area contributed by atoms with Crippen molar-refractivity contribution in [1.82, 2.24) is 15.5 Å². The molecule has 0 saturated carbocycles. The number of aromatic nitrogens is 2. The third-order valence-electron chi connectivity index (χ3n) is 2.13. The van der Waals surface area contributed by atoms with Gasteiger partial charge in [0.1, 0.15) is 0 Å². The zero-order chi connectivity index (χ0) is 11.2. The molecule has 0 radical (unpaired) electrons. The van der Waals surface area contributed by atoms with Crippen LogP contribution in [0.4, 0.5) is 10.5 Å². The maximum Gasteiger partial charge on any atom is 0.336 e. The molecule has 4 amide bonds. The van der Waals surface area contributed by atoms with E-state index in [1.165, 1.54) is 0 Å². The van der Waals surface area contributed by atoms with Gasteiger partial charge in [0.05, 0.1) is 17.1 Å². The van der Waals surface area contributed by atoms with E-state index in [-0.39, 0.29) is 0 Å². The summed E-state index contributed by atoms with van der Waals surface area (Å²) in [6.07, 6.45) is 0. The van der Waals surface area contributed by atoms with Crippen LogP contribution in [-0.4, -0.2) is 28.0 Å². The number of hydrogen-bond acceptors (Lipinski definition) is 4.